The molecule has 0 saturated heterocycles. The standard InChI is InChI=1S/C21H36O4/c1-3-4-5-6-7-10-13-17-18(20(23)16-19(17)22)14-11-8-9-12-15-21(24)25-2/h8,10-11,13,17-20,22-23H,3-7,9,12,14-16H2,1-2H3/b11-8+,13-10+/t17-,18-,19-,20+/m1/s1. The molecule has 0 aromatic rings. The Kier molecular flexibility index (Phi) is 11.5. The molecule has 144 valence electrons. The fourth-order valence-electron chi connectivity index (χ4n) is 3.49. The molecule has 0 amide bonds. The molecule has 0 radical (unpaired) electrons. The predicted molar refractivity (Wildman–Crippen MR) is 101 cm³/mol. The molecular formula is C21H36O4. The first-order valence-electron chi connectivity index (χ1n) is 9.84. The van der Waals surface area contributed by atoms with Crippen LogP contribution in [0.15, 0.2) is 24.3 Å². The summed E-state index contributed by atoms with van der Waals surface area (Å²) < 4.78 is 4.61. The van der Waals surface area contributed by atoms with Gasteiger partial charge >= 0.3 is 5.97 Å². The third-order valence-electron chi connectivity index (χ3n) is 5.05. The Balaban J connectivity index is 2.35. The molecule has 4 heteroatoms. The number of esters is 1. The van der Waals surface area contributed by atoms with Crippen LogP contribution in [0, 0.1) is 11.8 Å². The van der Waals surface area contributed by atoms with Crippen molar-refractivity contribution in [3.8, 4) is 0 Å². The summed E-state index contributed by atoms with van der Waals surface area (Å²) in [5, 5.41) is 20.4. The van der Waals surface area contributed by atoms with Gasteiger partial charge in [0, 0.05) is 18.8 Å². The Labute approximate surface area is 153 Å². The first kappa shape index (κ1) is 21.9. The Morgan fingerprint density at radius 3 is 2.52 bits per heavy atom. The molecule has 25 heavy (non-hydrogen) atoms. The zero-order chi connectivity index (χ0) is 18.5. The molecule has 1 aliphatic carbocycles. The van der Waals surface area contributed by atoms with Crippen LogP contribution in [0.2, 0.25) is 0 Å². The minimum absolute atomic E-state index is 0.0425. The lowest BCUT2D eigenvalue weighted by Crippen LogP contribution is -2.19. The molecular weight excluding hydrogens is 316 g/mol. The molecule has 1 rings (SSSR count). The summed E-state index contributed by atoms with van der Waals surface area (Å²) in [4.78, 5) is 11.0. The highest BCUT2D eigenvalue weighted by Crippen LogP contribution is 2.36. The van der Waals surface area contributed by atoms with Crippen LogP contribution >= 0.6 is 0 Å². The van der Waals surface area contributed by atoms with E-state index in [9.17, 15) is 15.0 Å². The zero-order valence-electron chi connectivity index (χ0n) is 15.9. The quantitative estimate of drug-likeness (QED) is 0.314. The molecule has 1 aliphatic rings. The maximum atomic E-state index is 11.0. The SMILES string of the molecule is CCCCCC/C=C/[C@@H]1[C@@H](C/C=C/CCCC(=O)OC)[C@@H](O)C[C@H]1O. The number of hydrogen-bond donors (Lipinski definition) is 2. The number of rotatable bonds is 12. The van der Waals surface area contributed by atoms with Gasteiger partial charge in [0.25, 0.3) is 0 Å². The summed E-state index contributed by atoms with van der Waals surface area (Å²) in [7, 11) is 1.41. The molecule has 0 unspecified atom stereocenters. The number of methoxy groups -OCH3 is 1. The summed E-state index contributed by atoms with van der Waals surface area (Å²) in [6.07, 6.45) is 16.8. The first-order valence-corrected chi connectivity index (χ1v) is 9.84. The topological polar surface area (TPSA) is 66.8 Å². The summed E-state index contributed by atoms with van der Waals surface area (Å²) in [6.45, 7) is 2.21. The van der Waals surface area contributed by atoms with Gasteiger partial charge in [-0.1, -0.05) is 50.5 Å². The van der Waals surface area contributed by atoms with E-state index in [4.69, 9.17) is 0 Å². The van der Waals surface area contributed by atoms with Gasteiger partial charge in [0.1, 0.15) is 0 Å². The van der Waals surface area contributed by atoms with Gasteiger partial charge in [0.05, 0.1) is 19.3 Å². The minimum Gasteiger partial charge on any atom is -0.469 e. The van der Waals surface area contributed by atoms with E-state index in [1.807, 2.05) is 0 Å². The van der Waals surface area contributed by atoms with E-state index in [1.54, 1.807) is 0 Å². The third-order valence-corrected chi connectivity index (χ3v) is 5.05. The van der Waals surface area contributed by atoms with Crippen molar-refractivity contribution in [1.82, 2.24) is 0 Å². The molecule has 2 N–H and O–H groups in total. The van der Waals surface area contributed by atoms with Crippen molar-refractivity contribution in [2.45, 2.75) is 83.3 Å². The number of hydrogen-bond acceptors (Lipinski definition) is 4. The lowest BCUT2D eigenvalue weighted by Gasteiger charge is -2.19. The highest BCUT2D eigenvalue weighted by atomic mass is 16.5. The highest BCUT2D eigenvalue weighted by Gasteiger charge is 2.39. The van der Waals surface area contributed by atoms with Crippen molar-refractivity contribution < 1.29 is 19.7 Å². The average Bonchev–Trinajstić information content (AvgIpc) is 2.87. The summed E-state index contributed by atoms with van der Waals surface area (Å²) in [5.74, 6) is -0.0495. The predicted octanol–water partition coefficient (Wildman–Crippen LogP) is 4.16. The van der Waals surface area contributed by atoms with Crippen LogP contribution in [0.25, 0.3) is 0 Å². The van der Waals surface area contributed by atoms with Gasteiger partial charge in [-0.05, 0) is 38.0 Å². The normalized spacial score (nSPS) is 26.7. The number of ether oxygens (including phenoxy) is 1. The number of allylic oxidation sites excluding steroid dienone is 3. The number of aliphatic hydroxyl groups is 2. The van der Waals surface area contributed by atoms with Crippen molar-refractivity contribution >= 4 is 5.97 Å². The lowest BCUT2D eigenvalue weighted by molar-refractivity contribution is -0.140. The lowest BCUT2D eigenvalue weighted by atomic mass is 9.89. The van der Waals surface area contributed by atoms with E-state index in [-0.39, 0.29) is 17.8 Å². The molecule has 0 bridgehead atoms. The summed E-state index contributed by atoms with van der Waals surface area (Å²) in [5.41, 5.74) is 0. The van der Waals surface area contributed by atoms with Gasteiger partial charge < -0.3 is 14.9 Å². The van der Waals surface area contributed by atoms with E-state index >= 15 is 0 Å². The van der Waals surface area contributed by atoms with Gasteiger partial charge in [-0.3, -0.25) is 4.79 Å². The Hall–Kier alpha value is -1.13. The van der Waals surface area contributed by atoms with Crippen molar-refractivity contribution in [2.75, 3.05) is 7.11 Å². The zero-order valence-corrected chi connectivity index (χ0v) is 15.9. The van der Waals surface area contributed by atoms with Gasteiger partial charge in [-0.25, -0.2) is 0 Å². The fraction of sp³-hybridized carbons (Fsp3) is 0.762. The van der Waals surface area contributed by atoms with E-state index in [2.05, 4.69) is 36.0 Å². The van der Waals surface area contributed by atoms with Crippen molar-refractivity contribution in [3.63, 3.8) is 0 Å². The Bertz CT molecular complexity index is 416. The monoisotopic (exact) mass is 352 g/mol. The van der Waals surface area contributed by atoms with Gasteiger partial charge in [0.15, 0.2) is 0 Å². The summed E-state index contributed by atoms with van der Waals surface area (Å²) in [6, 6.07) is 0. The van der Waals surface area contributed by atoms with E-state index in [0.29, 0.717) is 12.8 Å². The van der Waals surface area contributed by atoms with Crippen LogP contribution in [-0.2, 0) is 9.53 Å². The molecule has 0 spiro atoms. The second-order valence-corrected chi connectivity index (χ2v) is 7.06. The number of unbranched alkanes of at least 4 members (excludes halogenated alkanes) is 5. The molecule has 1 saturated carbocycles. The molecule has 0 aliphatic heterocycles. The first-order chi connectivity index (χ1) is 12.1. The Morgan fingerprint density at radius 1 is 1.04 bits per heavy atom. The van der Waals surface area contributed by atoms with Crippen LogP contribution in [0.3, 0.4) is 0 Å². The average molecular weight is 353 g/mol. The van der Waals surface area contributed by atoms with E-state index in [0.717, 1.165) is 25.7 Å². The number of aliphatic hydroxyl groups excluding tert-OH is 2. The fourth-order valence-corrected chi connectivity index (χ4v) is 3.49. The van der Waals surface area contributed by atoms with Crippen LogP contribution in [0.1, 0.15) is 71.1 Å². The molecule has 0 aromatic carbocycles. The maximum absolute atomic E-state index is 11.0. The maximum Gasteiger partial charge on any atom is 0.305 e. The number of carbonyl (C=O) groups is 1. The highest BCUT2D eigenvalue weighted by molar-refractivity contribution is 5.69. The van der Waals surface area contributed by atoms with Gasteiger partial charge in [-0.15, -0.1) is 0 Å². The van der Waals surface area contributed by atoms with E-state index in [1.165, 1.54) is 32.8 Å². The molecule has 4 atom stereocenters. The van der Waals surface area contributed by atoms with Gasteiger partial charge in [0.2, 0.25) is 0 Å². The van der Waals surface area contributed by atoms with Gasteiger partial charge in [-0.2, -0.15) is 0 Å². The van der Waals surface area contributed by atoms with Crippen molar-refractivity contribution in [3.05, 3.63) is 24.3 Å². The second-order valence-electron chi connectivity index (χ2n) is 7.06. The Morgan fingerprint density at radius 2 is 1.80 bits per heavy atom. The molecule has 0 aromatic heterocycles. The largest absolute Gasteiger partial charge is 0.469 e. The van der Waals surface area contributed by atoms with Crippen LogP contribution in [0.4, 0.5) is 0 Å². The molecule has 0 heterocycles. The van der Waals surface area contributed by atoms with Crippen molar-refractivity contribution in [2.24, 2.45) is 11.8 Å². The second kappa shape index (κ2) is 13.1. The third kappa shape index (κ3) is 8.68. The van der Waals surface area contributed by atoms with Crippen molar-refractivity contribution in [1.29, 1.82) is 0 Å². The number of carbonyl (C=O) groups excluding carboxylic acids is 1. The van der Waals surface area contributed by atoms with Crippen LogP contribution in [0.5, 0.6) is 0 Å². The summed E-state index contributed by atoms with van der Waals surface area (Å²) >= 11 is 0. The molecule has 4 nitrogen and oxygen atoms in total. The van der Waals surface area contributed by atoms with Crippen LogP contribution < -0.4 is 0 Å². The smallest absolute Gasteiger partial charge is 0.305 e. The minimum atomic E-state index is -0.445. The van der Waals surface area contributed by atoms with E-state index < -0.39 is 12.2 Å². The molecule has 1 fully saturated rings. The van der Waals surface area contributed by atoms with Crippen LogP contribution in [-0.4, -0.2) is 35.5 Å².